The zero-order chi connectivity index (χ0) is 28.8. The highest BCUT2D eigenvalue weighted by molar-refractivity contribution is 5.94. The van der Waals surface area contributed by atoms with E-state index >= 15 is 0 Å². The smallest absolute Gasteiger partial charge is 0.416 e. The Morgan fingerprint density at radius 1 is 0.667 bits per heavy atom. The van der Waals surface area contributed by atoms with Crippen molar-refractivity contribution in [1.82, 2.24) is 4.90 Å². The number of amides is 2. The summed E-state index contributed by atoms with van der Waals surface area (Å²) >= 11 is 0. The fraction of sp³-hybridized carbons (Fsp3) is 0.231. The van der Waals surface area contributed by atoms with Gasteiger partial charge in [0.1, 0.15) is 0 Å². The number of phenolic OH excluding ortho intramolecular Hbond substituents is 2. The summed E-state index contributed by atoms with van der Waals surface area (Å²) < 4.78 is 76.6. The molecule has 0 bridgehead atoms. The Bertz CT molecular complexity index is 1220. The van der Waals surface area contributed by atoms with E-state index in [1.165, 1.54) is 23.1 Å². The molecule has 0 heterocycles. The normalized spacial score (nSPS) is 11.9. The topological polar surface area (TPSA) is 102 Å². The summed E-state index contributed by atoms with van der Waals surface area (Å²) in [4.78, 5) is 26.6. The van der Waals surface area contributed by atoms with Crippen LogP contribution in [-0.4, -0.2) is 46.6 Å². The number of alkyl halides is 6. The average Bonchev–Trinajstić information content (AvgIpc) is 2.84. The number of hydrogen-bond acceptors (Lipinski definition) is 5. The van der Waals surface area contributed by atoms with Crippen molar-refractivity contribution in [1.29, 1.82) is 0 Å². The molecule has 0 aliphatic carbocycles. The highest BCUT2D eigenvalue weighted by Crippen LogP contribution is 2.31. The Labute approximate surface area is 218 Å². The minimum Gasteiger partial charge on any atom is -0.504 e. The number of benzene rings is 3. The van der Waals surface area contributed by atoms with Crippen molar-refractivity contribution in [3.05, 3.63) is 83.4 Å². The summed E-state index contributed by atoms with van der Waals surface area (Å²) in [5, 5.41) is 24.1. The molecule has 3 aromatic rings. The summed E-state index contributed by atoms with van der Waals surface area (Å²) in [6, 6.07) is 11.7. The quantitative estimate of drug-likeness (QED) is 0.213. The van der Waals surface area contributed by atoms with E-state index in [4.69, 9.17) is 0 Å². The van der Waals surface area contributed by atoms with Gasteiger partial charge >= 0.3 is 12.4 Å². The van der Waals surface area contributed by atoms with Gasteiger partial charge in [0.25, 0.3) is 0 Å². The number of phenols is 2. The molecule has 0 aliphatic rings. The molecule has 3 aromatic carbocycles. The van der Waals surface area contributed by atoms with Crippen molar-refractivity contribution in [3.63, 3.8) is 0 Å². The van der Waals surface area contributed by atoms with Crippen LogP contribution in [0.1, 0.15) is 16.7 Å². The lowest BCUT2D eigenvalue weighted by molar-refractivity contribution is -0.138. The van der Waals surface area contributed by atoms with Gasteiger partial charge < -0.3 is 20.8 Å². The summed E-state index contributed by atoms with van der Waals surface area (Å²) in [6.07, 6.45) is -8.85. The third kappa shape index (κ3) is 8.92. The summed E-state index contributed by atoms with van der Waals surface area (Å²) in [6.45, 7) is -0.609. The molecule has 208 valence electrons. The van der Waals surface area contributed by atoms with Crippen LogP contribution in [0.3, 0.4) is 0 Å². The minimum atomic E-state index is -4.54. The van der Waals surface area contributed by atoms with Crippen molar-refractivity contribution in [3.8, 4) is 11.5 Å². The van der Waals surface area contributed by atoms with Gasteiger partial charge in [-0.25, -0.2) is 0 Å². The van der Waals surface area contributed by atoms with Gasteiger partial charge in [0.2, 0.25) is 11.8 Å². The van der Waals surface area contributed by atoms with Gasteiger partial charge in [-0.1, -0.05) is 6.07 Å². The molecule has 0 fully saturated rings. The lowest BCUT2D eigenvalue weighted by Gasteiger charge is -2.22. The largest absolute Gasteiger partial charge is 0.504 e. The average molecular weight is 555 g/mol. The van der Waals surface area contributed by atoms with Gasteiger partial charge in [0.05, 0.1) is 24.2 Å². The number of halogens is 6. The van der Waals surface area contributed by atoms with Gasteiger partial charge in [-0.3, -0.25) is 14.5 Å². The molecule has 0 spiro atoms. The minimum absolute atomic E-state index is 0.102. The number of hydrogen-bond donors (Lipinski definition) is 4. The predicted molar refractivity (Wildman–Crippen MR) is 130 cm³/mol. The first-order chi connectivity index (χ1) is 18.2. The van der Waals surface area contributed by atoms with E-state index in [-0.39, 0.29) is 48.9 Å². The number of carbonyl (C=O) groups excluding carboxylic acids is 2. The third-order valence-corrected chi connectivity index (χ3v) is 5.48. The molecular weight excluding hydrogens is 532 g/mol. The summed E-state index contributed by atoms with van der Waals surface area (Å²) in [5.41, 5.74) is -1.00. The molecule has 0 aliphatic heterocycles. The van der Waals surface area contributed by atoms with Crippen LogP contribution in [0.15, 0.2) is 66.7 Å². The first-order valence-electron chi connectivity index (χ1n) is 11.4. The molecule has 0 radical (unpaired) electrons. The second-order valence-corrected chi connectivity index (χ2v) is 8.53. The zero-order valence-corrected chi connectivity index (χ0v) is 20.1. The van der Waals surface area contributed by atoms with Crippen LogP contribution in [0.4, 0.5) is 37.7 Å². The highest BCUT2D eigenvalue weighted by atomic mass is 19.4. The van der Waals surface area contributed by atoms with E-state index in [1.54, 1.807) is 0 Å². The van der Waals surface area contributed by atoms with Gasteiger partial charge in [-0.05, 0) is 72.6 Å². The molecule has 39 heavy (non-hydrogen) atoms. The predicted octanol–water partition coefficient (Wildman–Crippen LogP) is 5.26. The Kier molecular flexibility index (Phi) is 9.07. The number of anilines is 2. The molecule has 0 saturated heterocycles. The van der Waals surface area contributed by atoms with Crippen LogP contribution in [0.25, 0.3) is 0 Å². The molecule has 2 amide bonds. The van der Waals surface area contributed by atoms with Crippen molar-refractivity contribution >= 4 is 23.2 Å². The molecular formula is C26H23F6N3O4. The fourth-order valence-corrected chi connectivity index (χ4v) is 3.52. The molecule has 7 nitrogen and oxygen atoms in total. The fourth-order valence-electron chi connectivity index (χ4n) is 3.52. The monoisotopic (exact) mass is 555 g/mol. The lowest BCUT2D eigenvalue weighted by atomic mass is 10.1. The van der Waals surface area contributed by atoms with E-state index in [2.05, 4.69) is 10.6 Å². The third-order valence-electron chi connectivity index (χ3n) is 5.48. The van der Waals surface area contributed by atoms with Gasteiger partial charge in [-0.15, -0.1) is 0 Å². The van der Waals surface area contributed by atoms with Crippen molar-refractivity contribution in [2.75, 3.05) is 30.3 Å². The van der Waals surface area contributed by atoms with Gasteiger partial charge in [0.15, 0.2) is 11.5 Å². The van der Waals surface area contributed by atoms with Crippen LogP contribution in [0.5, 0.6) is 11.5 Å². The molecule has 4 N–H and O–H groups in total. The lowest BCUT2D eigenvalue weighted by Crippen LogP contribution is -2.40. The Balaban J connectivity index is 1.67. The SMILES string of the molecule is O=C(CN(CCc1ccc(O)c(O)c1)CC(=O)Nc1ccc(C(F)(F)F)cc1)Nc1ccc(C(F)(F)F)cc1. The van der Waals surface area contributed by atoms with Crippen molar-refractivity contribution < 1.29 is 46.1 Å². The maximum Gasteiger partial charge on any atom is 0.416 e. The number of carbonyl (C=O) groups is 2. The van der Waals surface area contributed by atoms with E-state index in [9.17, 15) is 46.1 Å². The Morgan fingerprint density at radius 3 is 1.49 bits per heavy atom. The first-order valence-corrected chi connectivity index (χ1v) is 11.4. The van der Waals surface area contributed by atoms with Crippen LogP contribution in [-0.2, 0) is 28.4 Å². The molecule has 0 unspecified atom stereocenters. The van der Waals surface area contributed by atoms with Crippen LogP contribution in [0.2, 0.25) is 0 Å². The Morgan fingerprint density at radius 2 is 1.10 bits per heavy atom. The van der Waals surface area contributed by atoms with Crippen LogP contribution in [0, 0.1) is 0 Å². The molecule has 0 aromatic heterocycles. The highest BCUT2D eigenvalue weighted by Gasteiger charge is 2.31. The van der Waals surface area contributed by atoms with E-state index in [0.29, 0.717) is 5.56 Å². The second-order valence-electron chi connectivity index (χ2n) is 8.53. The van der Waals surface area contributed by atoms with E-state index in [1.807, 2.05) is 0 Å². The van der Waals surface area contributed by atoms with Gasteiger partial charge in [0, 0.05) is 17.9 Å². The summed E-state index contributed by atoms with van der Waals surface area (Å²) in [7, 11) is 0. The van der Waals surface area contributed by atoms with Crippen molar-refractivity contribution in [2.45, 2.75) is 18.8 Å². The van der Waals surface area contributed by atoms with Crippen molar-refractivity contribution in [2.24, 2.45) is 0 Å². The maximum absolute atomic E-state index is 12.8. The Hall–Kier alpha value is -4.26. The zero-order valence-electron chi connectivity index (χ0n) is 20.1. The van der Waals surface area contributed by atoms with Gasteiger partial charge in [-0.2, -0.15) is 26.3 Å². The number of nitrogens with one attached hydrogen (secondary N) is 2. The van der Waals surface area contributed by atoms with Crippen LogP contribution < -0.4 is 10.6 Å². The maximum atomic E-state index is 12.8. The first kappa shape index (κ1) is 29.3. The summed E-state index contributed by atoms with van der Waals surface area (Å²) in [5.74, 6) is -1.96. The van der Waals surface area contributed by atoms with E-state index in [0.717, 1.165) is 48.5 Å². The molecule has 0 atom stereocenters. The van der Waals surface area contributed by atoms with Crippen LogP contribution >= 0.6 is 0 Å². The standard InChI is InChI=1S/C26H23F6N3O4/c27-25(28,29)17-2-6-19(7-3-17)33-23(38)14-35(12-11-16-1-10-21(36)22(37)13-16)15-24(39)34-20-8-4-18(5-9-20)26(30,31)32/h1-10,13,36-37H,11-12,14-15H2,(H,33,38)(H,34,39). The number of nitrogens with zero attached hydrogens (tertiary/aromatic N) is 1. The molecule has 13 heteroatoms. The number of rotatable bonds is 9. The molecule has 0 saturated carbocycles. The second kappa shape index (κ2) is 12.1. The van der Waals surface area contributed by atoms with E-state index < -0.39 is 35.3 Å². The molecule has 3 rings (SSSR count). The number of aromatic hydroxyl groups is 2.